The molecule has 0 atom stereocenters. The summed E-state index contributed by atoms with van der Waals surface area (Å²) < 4.78 is 10.4. The minimum absolute atomic E-state index is 0.159. The molecule has 0 radical (unpaired) electrons. The van der Waals surface area contributed by atoms with Crippen molar-refractivity contribution in [2.75, 3.05) is 19.0 Å². The molecule has 4 heteroatoms. The molecule has 0 aromatic heterocycles. The predicted octanol–water partition coefficient (Wildman–Crippen LogP) is 3.75. The molecule has 0 spiro atoms. The molecule has 0 saturated carbocycles. The van der Waals surface area contributed by atoms with Gasteiger partial charge in [0.25, 0.3) is 0 Å². The zero-order valence-corrected chi connectivity index (χ0v) is 13.6. The van der Waals surface area contributed by atoms with Crippen LogP contribution in [0.4, 0.5) is 0 Å². The van der Waals surface area contributed by atoms with Gasteiger partial charge >= 0.3 is 5.97 Å². The Morgan fingerprint density at radius 2 is 1.95 bits per heavy atom. The lowest BCUT2D eigenvalue weighted by atomic mass is 10.1. The summed E-state index contributed by atoms with van der Waals surface area (Å²) in [6.07, 6.45) is 0.605. The third-order valence-corrected chi connectivity index (χ3v) is 3.85. The number of thioether (sulfide) groups is 1. The first-order chi connectivity index (χ1) is 9.49. The van der Waals surface area contributed by atoms with Crippen molar-refractivity contribution in [3.8, 4) is 0 Å². The van der Waals surface area contributed by atoms with E-state index in [0.717, 1.165) is 5.75 Å². The minimum atomic E-state index is -0.159. The molecule has 0 heterocycles. The molecule has 20 heavy (non-hydrogen) atoms. The second-order valence-electron chi connectivity index (χ2n) is 4.98. The lowest BCUT2D eigenvalue weighted by Crippen LogP contribution is -2.13. The standard InChI is InChI=1S/C16H24O3S/c1-12(2)18-8-9-19-16(17)7-10-20-15-6-5-13(3)14(4)11-15/h5-6,11-12H,7-10H2,1-4H3. The minimum Gasteiger partial charge on any atom is -0.463 e. The maximum Gasteiger partial charge on any atom is 0.306 e. The third kappa shape index (κ3) is 6.96. The van der Waals surface area contributed by atoms with E-state index in [1.54, 1.807) is 11.8 Å². The molecule has 0 amide bonds. The number of aryl methyl sites for hydroxylation is 2. The summed E-state index contributed by atoms with van der Waals surface area (Å²) in [5.74, 6) is 0.584. The Morgan fingerprint density at radius 1 is 1.20 bits per heavy atom. The average molecular weight is 296 g/mol. The summed E-state index contributed by atoms with van der Waals surface area (Å²) in [6, 6.07) is 6.36. The van der Waals surface area contributed by atoms with Crippen molar-refractivity contribution in [2.24, 2.45) is 0 Å². The number of carbonyl (C=O) groups is 1. The van der Waals surface area contributed by atoms with Crippen LogP contribution in [0.15, 0.2) is 23.1 Å². The molecule has 0 unspecified atom stereocenters. The van der Waals surface area contributed by atoms with Gasteiger partial charge in [0, 0.05) is 10.6 Å². The van der Waals surface area contributed by atoms with E-state index in [2.05, 4.69) is 32.0 Å². The van der Waals surface area contributed by atoms with E-state index < -0.39 is 0 Å². The number of benzene rings is 1. The summed E-state index contributed by atoms with van der Waals surface area (Å²) in [7, 11) is 0. The fourth-order valence-corrected chi connectivity index (χ4v) is 2.50. The van der Waals surface area contributed by atoms with Crippen LogP contribution in [-0.4, -0.2) is 31.0 Å². The lowest BCUT2D eigenvalue weighted by Gasteiger charge is -2.08. The van der Waals surface area contributed by atoms with Crippen LogP contribution in [0.25, 0.3) is 0 Å². The van der Waals surface area contributed by atoms with Gasteiger partial charge in [0.15, 0.2) is 0 Å². The fraction of sp³-hybridized carbons (Fsp3) is 0.562. The highest BCUT2D eigenvalue weighted by atomic mass is 32.2. The van der Waals surface area contributed by atoms with Crippen LogP contribution in [-0.2, 0) is 14.3 Å². The molecule has 1 aromatic rings. The zero-order valence-electron chi connectivity index (χ0n) is 12.8. The second-order valence-corrected chi connectivity index (χ2v) is 6.15. The Labute approximate surface area is 126 Å². The summed E-state index contributed by atoms with van der Waals surface area (Å²) in [5, 5.41) is 0. The quantitative estimate of drug-likeness (QED) is 0.416. The van der Waals surface area contributed by atoms with Crippen LogP contribution < -0.4 is 0 Å². The van der Waals surface area contributed by atoms with E-state index in [1.807, 2.05) is 13.8 Å². The predicted molar refractivity (Wildman–Crippen MR) is 83.3 cm³/mol. The van der Waals surface area contributed by atoms with Gasteiger partial charge in [-0.05, 0) is 51.0 Å². The second kappa shape index (κ2) is 9.03. The number of rotatable bonds is 8. The SMILES string of the molecule is Cc1ccc(SCCC(=O)OCCOC(C)C)cc1C. The van der Waals surface area contributed by atoms with Gasteiger partial charge in [0.1, 0.15) is 6.61 Å². The Morgan fingerprint density at radius 3 is 2.60 bits per heavy atom. The van der Waals surface area contributed by atoms with Crippen LogP contribution in [0, 0.1) is 13.8 Å². The van der Waals surface area contributed by atoms with Gasteiger partial charge in [0.2, 0.25) is 0 Å². The zero-order chi connectivity index (χ0) is 15.0. The highest BCUT2D eigenvalue weighted by Crippen LogP contribution is 2.21. The third-order valence-electron chi connectivity index (χ3n) is 2.85. The van der Waals surface area contributed by atoms with Gasteiger partial charge in [-0.15, -0.1) is 11.8 Å². The molecule has 0 saturated heterocycles. The van der Waals surface area contributed by atoms with E-state index in [0.29, 0.717) is 19.6 Å². The van der Waals surface area contributed by atoms with Crippen molar-refractivity contribution in [1.82, 2.24) is 0 Å². The highest BCUT2D eigenvalue weighted by Gasteiger charge is 2.04. The largest absolute Gasteiger partial charge is 0.463 e. The van der Waals surface area contributed by atoms with Crippen LogP contribution in [0.1, 0.15) is 31.4 Å². The molecule has 0 aliphatic heterocycles. The Bertz CT molecular complexity index is 430. The topological polar surface area (TPSA) is 35.5 Å². The number of hydrogen-bond donors (Lipinski definition) is 0. The van der Waals surface area contributed by atoms with Gasteiger partial charge in [-0.2, -0.15) is 0 Å². The molecule has 0 aliphatic rings. The van der Waals surface area contributed by atoms with E-state index in [-0.39, 0.29) is 12.1 Å². The molecular formula is C16H24O3S. The van der Waals surface area contributed by atoms with Crippen molar-refractivity contribution < 1.29 is 14.3 Å². The molecule has 0 N–H and O–H groups in total. The van der Waals surface area contributed by atoms with Gasteiger partial charge in [-0.1, -0.05) is 6.07 Å². The Hall–Kier alpha value is -1.00. The average Bonchev–Trinajstić information content (AvgIpc) is 2.39. The monoisotopic (exact) mass is 296 g/mol. The van der Waals surface area contributed by atoms with Gasteiger partial charge in [-0.3, -0.25) is 4.79 Å². The number of ether oxygens (including phenoxy) is 2. The van der Waals surface area contributed by atoms with Crippen molar-refractivity contribution in [3.63, 3.8) is 0 Å². The number of carbonyl (C=O) groups excluding carboxylic acids is 1. The van der Waals surface area contributed by atoms with Crippen molar-refractivity contribution in [3.05, 3.63) is 29.3 Å². The molecule has 0 bridgehead atoms. The molecule has 0 aliphatic carbocycles. The fourth-order valence-electron chi connectivity index (χ4n) is 1.57. The maximum absolute atomic E-state index is 11.5. The first-order valence-corrected chi connectivity index (χ1v) is 7.95. The van der Waals surface area contributed by atoms with E-state index >= 15 is 0 Å². The Balaban J connectivity index is 2.16. The van der Waals surface area contributed by atoms with Crippen LogP contribution in [0.5, 0.6) is 0 Å². The smallest absolute Gasteiger partial charge is 0.306 e. The molecule has 1 aromatic carbocycles. The van der Waals surface area contributed by atoms with Crippen LogP contribution >= 0.6 is 11.8 Å². The summed E-state index contributed by atoms with van der Waals surface area (Å²) >= 11 is 1.68. The number of hydrogen-bond acceptors (Lipinski definition) is 4. The van der Waals surface area contributed by atoms with Crippen LogP contribution in [0.3, 0.4) is 0 Å². The van der Waals surface area contributed by atoms with Gasteiger partial charge < -0.3 is 9.47 Å². The van der Waals surface area contributed by atoms with Gasteiger partial charge in [0.05, 0.1) is 19.1 Å². The van der Waals surface area contributed by atoms with Crippen molar-refractivity contribution in [2.45, 2.75) is 45.1 Å². The first-order valence-electron chi connectivity index (χ1n) is 6.96. The molecule has 0 fully saturated rings. The summed E-state index contributed by atoms with van der Waals surface area (Å²) in [6.45, 7) is 8.92. The molecule has 3 nitrogen and oxygen atoms in total. The maximum atomic E-state index is 11.5. The first kappa shape index (κ1) is 17.1. The highest BCUT2D eigenvalue weighted by molar-refractivity contribution is 7.99. The molecule has 1 rings (SSSR count). The number of esters is 1. The molecular weight excluding hydrogens is 272 g/mol. The normalized spacial score (nSPS) is 10.8. The van der Waals surface area contributed by atoms with Gasteiger partial charge in [-0.25, -0.2) is 0 Å². The summed E-state index contributed by atoms with van der Waals surface area (Å²) in [4.78, 5) is 12.7. The molecule has 112 valence electrons. The lowest BCUT2D eigenvalue weighted by molar-refractivity contribution is -0.145. The van der Waals surface area contributed by atoms with Crippen molar-refractivity contribution in [1.29, 1.82) is 0 Å². The summed E-state index contributed by atoms with van der Waals surface area (Å²) in [5.41, 5.74) is 2.57. The van der Waals surface area contributed by atoms with E-state index in [1.165, 1.54) is 16.0 Å². The van der Waals surface area contributed by atoms with E-state index in [9.17, 15) is 4.79 Å². The Kier molecular flexibility index (Phi) is 7.70. The van der Waals surface area contributed by atoms with Crippen molar-refractivity contribution >= 4 is 17.7 Å². The van der Waals surface area contributed by atoms with E-state index in [4.69, 9.17) is 9.47 Å². The van der Waals surface area contributed by atoms with Crippen LogP contribution in [0.2, 0.25) is 0 Å².